The fourth-order valence-corrected chi connectivity index (χ4v) is 3.56. The highest BCUT2D eigenvalue weighted by atomic mass is 32.1. The van der Waals surface area contributed by atoms with E-state index in [0.717, 1.165) is 36.0 Å². The summed E-state index contributed by atoms with van der Waals surface area (Å²) in [6, 6.07) is 9.27. The van der Waals surface area contributed by atoms with E-state index in [4.69, 9.17) is 0 Å². The van der Waals surface area contributed by atoms with E-state index in [1.165, 1.54) is 19.3 Å². The van der Waals surface area contributed by atoms with Gasteiger partial charge >= 0.3 is 6.03 Å². The third-order valence-corrected chi connectivity index (χ3v) is 4.81. The zero-order valence-corrected chi connectivity index (χ0v) is 13.9. The van der Waals surface area contributed by atoms with Crippen LogP contribution in [0.4, 0.5) is 15.6 Å². The Morgan fingerprint density at radius 3 is 2.74 bits per heavy atom. The molecule has 5 nitrogen and oxygen atoms in total. The Kier molecular flexibility index (Phi) is 5.47. The van der Waals surface area contributed by atoms with E-state index in [0.29, 0.717) is 6.54 Å². The second kappa shape index (κ2) is 7.97. The van der Waals surface area contributed by atoms with Crippen LogP contribution in [0.1, 0.15) is 25.0 Å². The highest BCUT2D eigenvalue weighted by Gasteiger charge is 2.14. The summed E-state index contributed by atoms with van der Waals surface area (Å²) in [4.78, 5) is 18.9. The molecule has 0 spiro atoms. The molecule has 23 heavy (non-hydrogen) atoms. The Balaban J connectivity index is 1.42. The van der Waals surface area contributed by atoms with E-state index < -0.39 is 0 Å². The van der Waals surface area contributed by atoms with E-state index in [-0.39, 0.29) is 6.03 Å². The smallest absolute Gasteiger partial charge is 0.319 e. The predicted molar refractivity (Wildman–Crippen MR) is 95.3 cm³/mol. The maximum Gasteiger partial charge on any atom is 0.319 e. The molecule has 0 radical (unpaired) electrons. The maximum absolute atomic E-state index is 11.8. The molecule has 1 fully saturated rings. The van der Waals surface area contributed by atoms with Gasteiger partial charge in [0.2, 0.25) is 0 Å². The Morgan fingerprint density at radius 2 is 1.96 bits per heavy atom. The van der Waals surface area contributed by atoms with Gasteiger partial charge in [-0.15, -0.1) is 11.3 Å². The Labute approximate surface area is 140 Å². The quantitative estimate of drug-likeness (QED) is 0.882. The van der Waals surface area contributed by atoms with E-state index >= 15 is 0 Å². The van der Waals surface area contributed by atoms with Gasteiger partial charge in [0, 0.05) is 37.1 Å². The number of benzene rings is 1. The number of anilines is 2. The van der Waals surface area contributed by atoms with Crippen LogP contribution < -0.4 is 15.5 Å². The summed E-state index contributed by atoms with van der Waals surface area (Å²) in [7, 11) is 0. The van der Waals surface area contributed by atoms with E-state index in [1.54, 1.807) is 11.3 Å². The number of amides is 2. The summed E-state index contributed by atoms with van der Waals surface area (Å²) in [5.41, 5.74) is 1.85. The molecule has 1 saturated heterocycles. The predicted octanol–water partition coefficient (Wildman–Crippen LogP) is 3.50. The van der Waals surface area contributed by atoms with Crippen molar-refractivity contribution in [2.45, 2.75) is 25.7 Å². The van der Waals surface area contributed by atoms with Gasteiger partial charge in [0.25, 0.3) is 0 Å². The van der Waals surface area contributed by atoms with Gasteiger partial charge in [0.1, 0.15) is 0 Å². The fourth-order valence-electron chi connectivity index (χ4n) is 2.64. The number of carbonyl (C=O) groups is 1. The summed E-state index contributed by atoms with van der Waals surface area (Å²) in [5.74, 6) is 0. The van der Waals surface area contributed by atoms with Crippen molar-refractivity contribution in [3.63, 3.8) is 0 Å². The zero-order valence-electron chi connectivity index (χ0n) is 13.1. The molecule has 0 atom stereocenters. The molecule has 1 aromatic heterocycles. The molecule has 2 heterocycles. The average molecular weight is 330 g/mol. The lowest BCUT2D eigenvalue weighted by atomic mass is 10.1. The maximum atomic E-state index is 11.8. The van der Waals surface area contributed by atoms with Crippen molar-refractivity contribution >= 4 is 28.2 Å². The minimum absolute atomic E-state index is 0.178. The van der Waals surface area contributed by atoms with Crippen molar-refractivity contribution in [1.82, 2.24) is 10.3 Å². The van der Waals surface area contributed by atoms with E-state index in [1.807, 2.05) is 30.3 Å². The largest absolute Gasteiger partial charge is 0.348 e. The SMILES string of the molecule is O=C(NCCc1csc(N2CCCCC2)n1)Nc1ccccc1. The first-order chi connectivity index (χ1) is 11.3. The summed E-state index contributed by atoms with van der Waals surface area (Å²) in [5, 5.41) is 8.90. The van der Waals surface area contributed by atoms with E-state index in [2.05, 4.69) is 25.9 Å². The number of nitrogens with one attached hydrogen (secondary N) is 2. The zero-order chi connectivity index (χ0) is 15.9. The topological polar surface area (TPSA) is 57.3 Å². The standard InChI is InChI=1S/C17H22N4OS/c22-16(19-14-7-3-1-4-8-14)18-10-9-15-13-23-17(20-15)21-11-5-2-6-12-21/h1,3-4,7-8,13H,2,5-6,9-12H2,(H2,18,19,22). The minimum atomic E-state index is -0.178. The number of thiazole rings is 1. The van der Waals surface area contributed by atoms with Crippen molar-refractivity contribution in [2.24, 2.45) is 0 Å². The molecule has 2 aromatic rings. The van der Waals surface area contributed by atoms with Gasteiger partial charge in [-0.1, -0.05) is 18.2 Å². The Bertz CT molecular complexity index is 623. The molecule has 3 rings (SSSR count). The molecule has 2 amide bonds. The van der Waals surface area contributed by atoms with Crippen LogP contribution in [0, 0.1) is 0 Å². The monoisotopic (exact) mass is 330 g/mol. The lowest BCUT2D eigenvalue weighted by Crippen LogP contribution is -2.30. The number of hydrogen-bond donors (Lipinski definition) is 2. The van der Waals surface area contributed by atoms with Crippen molar-refractivity contribution in [1.29, 1.82) is 0 Å². The summed E-state index contributed by atoms with van der Waals surface area (Å²) >= 11 is 1.70. The van der Waals surface area contributed by atoms with Crippen molar-refractivity contribution in [3.8, 4) is 0 Å². The van der Waals surface area contributed by atoms with Gasteiger partial charge in [-0.3, -0.25) is 0 Å². The Morgan fingerprint density at radius 1 is 1.17 bits per heavy atom. The number of carbonyl (C=O) groups excluding carboxylic acids is 1. The van der Waals surface area contributed by atoms with Crippen molar-refractivity contribution in [3.05, 3.63) is 41.4 Å². The third-order valence-electron chi connectivity index (χ3n) is 3.86. The van der Waals surface area contributed by atoms with Gasteiger partial charge in [-0.2, -0.15) is 0 Å². The van der Waals surface area contributed by atoms with Crippen LogP contribution in [0.3, 0.4) is 0 Å². The number of para-hydroxylation sites is 1. The van der Waals surface area contributed by atoms with Crippen LogP contribution in [-0.4, -0.2) is 30.6 Å². The van der Waals surface area contributed by atoms with Gasteiger partial charge in [0.15, 0.2) is 5.13 Å². The van der Waals surface area contributed by atoms with Crippen LogP contribution in [0.25, 0.3) is 0 Å². The first-order valence-electron chi connectivity index (χ1n) is 8.10. The molecule has 0 unspecified atom stereocenters. The molecule has 1 aromatic carbocycles. The van der Waals surface area contributed by atoms with Gasteiger partial charge < -0.3 is 15.5 Å². The Hall–Kier alpha value is -2.08. The summed E-state index contributed by atoms with van der Waals surface area (Å²) in [6.07, 6.45) is 4.61. The number of urea groups is 1. The number of nitrogens with zero attached hydrogens (tertiary/aromatic N) is 2. The van der Waals surface area contributed by atoms with Crippen LogP contribution in [0.2, 0.25) is 0 Å². The highest BCUT2D eigenvalue weighted by Crippen LogP contribution is 2.24. The first kappa shape index (κ1) is 15.8. The molecular formula is C17H22N4OS. The van der Waals surface area contributed by atoms with E-state index in [9.17, 15) is 4.79 Å². The van der Waals surface area contributed by atoms with Crippen LogP contribution in [0.15, 0.2) is 35.7 Å². The number of hydrogen-bond acceptors (Lipinski definition) is 4. The molecular weight excluding hydrogens is 308 g/mol. The second-order valence-electron chi connectivity index (χ2n) is 5.67. The molecule has 122 valence electrons. The molecule has 0 aliphatic carbocycles. The van der Waals surface area contributed by atoms with Crippen LogP contribution >= 0.6 is 11.3 Å². The molecule has 1 aliphatic rings. The fraction of sp³-hybridized carbons (Fsp3) is 0.412. The summed E-state index contributed by atoms with van der Waals surface area (Å²) in [6.45, 7) is 2.82. The average Bonchev–Trinajstić information content (AvgIpc) is 3.05. The van der Waals surface area contributed by atoms with Gasteiger partial charge in [-0.05, 0) is 31.4 Å². The highest BCUT2D eigenvalue weighted by molar-refractivity contribution is 7.13. The molecule has 2 N–H and O–H groups in total. The molecule has 0 bridgehead atoms. The van der Waals surface area contributed by atoms with Crippen LogP contribution in [-0.2, 0) is 6.42 Å². The molecule has 0 saturated carbocycles. The number of piperidine rings is 1. The normalized spacial score (nSPS) is 14.5. The van der Waals surface area contributed by atoms with Crippen LogP contribution in [0.5, 0.6) is 0 Å². The second-order valence-corrected chi connectivity index (χ2v) is 6.50. The van der Waals surface area contributed by atoms with Gasteiger partial charge in [-0.25, -0.2) is 9.78 Å². The summed E-state index contributed by atoms with van der Waals surface area (Å²) < 4.78 is 0. The number of aromatic nitrogens is 1. The lowest BCUT2D eigenvalue weighted by Gasteiger charge is -2.25. The third kappa shape index (κ3) is 4.69. The lowest BCUT2D eigenvalue weighted by molar-refractivity contribution is 0.252. The number of rotatable bonds is 5. The molecule has 1 aliphatic heterocycles. The van der Waals surface area contributed by atoms with Crippen molar-refractivity contribution in [2.75, 3.05) is 29.9 Å². The van der Waals surface area contributed by atoms with Gasteiger partial charge in [0.05, 0.1) is 5.69 Å². The molecule has 6 heteroatoms. The minimum Gasteiger partial charge on any atom is -0.348 e. The first-order valence-corrected chi connectivity index (χ1v) is 8.98. The van der Waals surface area contributed by atoms with Crippen molar-refractivity contribution < 1.29 is 4.79 Å².